The minimum Gasteiger partial charge on any atom is -0.378 e. The molecule has 6 rings (SSSR count). The van der Waals surface area contributed by atoms with Gasteiger partial charge >= 0.3 is 5.69 Å². The molecule has 4 heterocycles. The van der Waals surface area contributed by atoms with Gasteiger partial charge in [-0.2, -0.15) is 4.98 Å². The Morgan fingerprint density at radius 1 is 1.29 bits per heavy atom. The van der Waals surface area contributed by atoms with Gasteiger partial charge < -0.3 is 10.1 Å². The van der Waals surface area contributed by atoms with Crippen molar-refractivity contribution in [1.82, 2.24) is 29.5 Å². The van der Waals surface area contributed by atoms with E-state index < -0.39 is 0 Å². The van der Waals surface area contributed by atoms with Gasteiger partial charge in [0.2, 0.25) is 5.95 Å². The minimum atomic E-state index is -0.234. The van der Waals surface area contributed by atoms with Crippen molar-refractivity contribution in [3.63, 3.8) is 0 Å². The van der Waals surface area contributed by atoms with Gasteiger partial charge in [-0.1, -0.05) is 0 Å². The molecular weight excluding hydrogens is 396 g/mol. The molecule has 162 valence electrons. The monoisotopic (exact) mass is 422 g/mol. The number of hydrogen-bond acceptors (Lipinski definition) is 8. The van der Waals surface area contributed by atoms with Crippen LogP contribution in [0.15, 0.2) is 39.5 Å². The number of imidazole rings is 1. The summed E-state index contributed by atoms with van der Waals surface area (Å²) in [5, 5.41) is 5.23. The first-order chi connectivity index (χ1) is 14.9. The summed E-state index contributed by atoms with van der Waals surface area (Å²) in [6, 6.07) is 0. The molecule has 10 nitrogen and oxygen atoms in total. The highest BCUT2D eigenvalue weighted by molar-refractivity contribution is 5.73. The van der Waals surface area contributed by atoms with Gasteiger partial charge in [-0.3, -0.25) is 19.6 Å². The molecule has 0 saturated heterocycles. The lowest BCUT2D eigenvalue weighted by atomic mass is 9.92. The van der Waals surface area contributed by atoms with Crippen LogP contribution in [0.3, 0.4) is 0 Å². The Morgan fingerprint density at radius 3 is 2.84 bits per heavy atom. The van der Waals surface area contributed by atoms with Crippen LogP contribution >= 0.6 is 0 Å². The van der Waals surface area contributed by atoms with Crippen molar-refractivity contribution in [1.29, 1.82) is 0 Å². The fraction of sp³-hybridized carbons (Fsp3) is 0.524. The molecule has 0 aromatic carbocycles. The van der Waals surface area contributed by atoms with E-state index in [2.05, 4.69) is 26.8 Å². The predicted octanol–water partition coefficient (Wildman–Crippen LogP) is 1.58. The van der Waals surface area contributed by atoms with Crippen LogP contribution in [-0.2, 0) is 17.3 Å². The first-order valence-corrected chi connectivity index (χ1v) is 10.7. The van der Waals surface area contributed by atoms with Crippen molar-refractivity contribution in [2.24, 2.45) is 12.0 Å². The zero-order valence-electron chi connectivity index (χ0n) is 17.9. The number of allylic oxidation sites excluding steroid dienone is 1. The average Bonchev–Trinajstić information content (AvgIpc) is 3.52. The molecule has 2 aromatic rings. The van der Waals surface area contributed by atoms with Crippen molar-refractivity contribution in [3.8, 4) is 0 Å². The first-order valence-electron chi connectivity index (χ1n) is 10.7. The number of ether oxygens (including phenoxy) is 1. The van der Waals surface area contributed by atoms with E-state index in [1.54, 1.807) is 31.3 Å². The van der Waals surface area contributed by atoms with Crippen molar-refractivity contribution in [2.45, 2.75) is 56.3 Å². The van der Waals surface area contributed by atoms with E-state index in [-0.39, 0.29) is 23.0 Å². The lowest BCUT2D eigenvalue weighted by molar-refractivity contribution is -0.000343. The van der Waals surface area contributed by atoms with Crippen LogP contribution in [-0.4, -0.2) is 49.3 Å². The molecule has 2 fully saturated rings. The third kappa shape index (κ3) is 2.54. The summed E-state index contributed by atoms with van der Waals surface area (Å²) in [5.74, 6) is 0.467. The number of anilines is 1. The van der Waals surface area contributed by atoms with Gasteiger partial charge in [0.1, 0.15) is 11.9 Å². The summed E-state index contributed by atoms with van der Waals surface area (Å²) in [6.45, 7) is 2.03. The molecule has 2 saturated carbocycles. The maximum Gasteiger partial charge on any atom is 0.330 e. The van der Waals surface area contributed by atoms with Crippen LogP contribution in [0.1, 0.15) is 39.0 Å². The van der Waals surface area contributed by atoms with E-state index >= 15 is 0 Å². The Hall–Kier alpha value is -3.14. The summed E-state index contributed by atoms with van der Waals surface area (Å²) in [4.78, 5) is 26.9. The van der Waals surface area contributed by atoms with Gasteiger partial charge in [0.05, 0.1) is 23.0 Å². The number of rotatable bonds is 4. The molecule has 2 aromatic heterocycles. The molecule has 2 aliphatic carbocycles. The van der Waals surface area contributed by atoms with E-state index in [1.165, 1.54) is 0 Å². The van der Waals surface area contributed by atoms with Crippen LogP contribution in [0.25, 0.3) is 11.2 Å². The summed E-state index contributed by atoms with van der Waals surface area (Å²) in [7, 11) is 3.58. The number of hydrogen-bond donors (Lipinski definition) is 2. The van der Waals surface area contributed by atoms with Gasteiger partial charge in [0.25, 0.3) is 0 Å². The lowest BCUT2D eigenvalue weighted by Gasteiger charge is -2.28. The van der Waals surface area contributed by atoms with E-state index in [4.69, 9.17) is 9.72 Å². The zero-order chi connectivity index (χ0) is 21.4. The van der Waals surface area contributed by atoms with Gasteiger partial charge in [-0.05, 0) is 44.3 Å². The maximum atomic E-state index is 13.3. The number of fused-ring (bicyclic) bond motifs is 4. The smallest absolute Gasteiger partial charge is 0.330 e. The molecule has 2 N–H and O–H groups in total. The van der Waals surface area contributed by atoms with E-state index in [9.17, 15) is 4.79 Å². The van der Waals surface area contributed by atoms with E-state index in [1.807, 2.05) is 22.7 Å². The number of aliphatic imine (C=N–C) groups is 1. The van der Waals surface area contributed by atoms with Crippen molar-refractivity contribution < 1.29 is 4.74 Å². The van der Waals surface area contributed by atoms with Crippen molar-refractivity contribution in [3.05, 3.63) is 40.2 Å². The van der Waals surface area contributed by atoms with Crippen LogP contribution in [0.2, 0.25) is 0 Å². The molecule has 1 atom stereocenters. The molecule has 2 bridgehead atoms. The Balaban J connectivity index is 1.41. The summed E-state index contributed by atoms with van der Waals surface area (Å²) in [5.41, 5.74) is 6.08. The summed E-state index contributed by atoms with van der Waals surface area (Å²) < 4.78 is 9.43. The Labute approximate surface area is 179 Å². The highest BCUT2D eigenvalue weighted by atomic mass is 16.5. The predicted molar refractivity (Wildman–Crippen MR) is 116 cm³/mol. The zero-order valence-corrected chi connectivity index (χ0v) is 17.9. The van der Waals surface area contributed by atoms with Crippen LogP contribution < -0.4 is 16.4 Å². The van der Waals surface area contributed by atoms with Gasteiger partial charge in [-0.25, -0.2) is 14.8 Å². The number of aromatic nitrogens is 4. The number of aryl methyl sites for hydroxylation is 1. The van der Waals surface area contributed by atoms with Crippen LogP contribution in [0, 0.1) is 0 Å². The second-order valence-corrected chi connectivity index (χ2v) is 9.11. The molecule has 2 aliphatic heterocycles. The third-order valence-electron chi connectivity index (χ3n) is 7.51. The molecule has 0 radical (unpaired) electrons. The number of nitrogens with one attached hydrogen (secondary N) is 2. The number of nitrogens with zero attached hydrogens (tertiary/aromatic N) is 6. The molecule has 10 heteroatoms. The highest BCUT2D eigenvalue weighted by Crippen LogP contribution is 2.56. The Kier molecular flexibility index (Phi) is 3.72. The maximum absolute atomic E-state index is 13.3. The molecule has 31 heavy (non-hydrogen) atoms. The Bertz CT molecular complexity index is 1230. The van der Waals surface area contributed by atoms with Crippen molar-refractivity contribution >= 4 is 23.5 Å². The van der Waals surface area contributed by atoms with Crippen LogP contribution in [0.4, 0.5) is 5.95 Å². The Morgan fingerprint density at radius 2 is 2.10 bits per heavy atom. The molecule has 1 unspecified atom stereocenters. The largest absolute Gasteiger partial charge is 0.378 e. The standard InChI is InChI=1S/C21H26N8O2/c1-13-8-16-23-12-24-28(16)10-14(13)25-18-22-9-15-17(26-18)29(19(30)27(15)2)20-4-6-21(11-20,31-3)7-5-20/h8-10,12,16H,4-7,11H2,1-3H3,(H,23,24)(H,22,25,26). The molecule has 4 aliphatic rings. The fourth-order valence-electron chi connectivity index (χ4n) is 5.67. The lowest BCUT2D eigenvalue weighted by Crippen LogP contribution is -2.38. The second kappa shape index (κ2) is 6.19. The molecular formula is C21H26N8O2. The minimum absolute atomic E-state index is 0.0295. The van der Waals surface area contributed by atoms with Gasteiger partial charge in [-0.15, -0.1) is 0 Å². The molecule has 0 amide bonds. The number of hydrazine groups is 1. The van der Waals surface area contributed by atoms with Gasteiger partial charge in [0, 0.05) is 26.8 Å². The van der Waals surface area contributed by atoms with Gasteiger partial charge in [0.15, 0.2) is 11.8 Å². The first kappa shape index (κ1) is 18.6. The summed E-state index contributed by atoms with van der Waals surface area (Å²) >= 11 is 0. The van der Waals surface area contributed by atoms with E-state index in [0.29, 0.717) is 11.6 Å². The van der Waals surface area contributed by atoms with E-state index in [0.717, 1.165) is 48.9 Å². The topological polar surface area (TPSA) is 102 Å². The molecule has 0 spiro atoms. The number of methoxy groups -OCH3 is 1. The second-order valence-electron chi connectivity index (χ2n) is 9.11. The third-order valence-corrected chi connectivity index (χ3v) is 7.51. The van der Waals surface area contributed by atoms with Crippen LogP contribution in [0.5, 0.6) is 0 Å². The fourth-order valence-corrected chi connectivity index (χ4v) is 5.67. The van der Waals surface area contributed by atoms with Crippen molar-refractivity contribution in [2.75, 3.05) is 12.4 Å². The quantitative estimate of drug-likeness (QED) is 0.771. The normalized spacial score (nSPS) is 31.1. The highest BCUT2D eigenvalue weighted by Gasteiger charge is 2.57. The SMILES string of the molecule is COC12CCC(n3c(=O)n(C)c4cnc(NC5=CN6NC=NC6C=C5C)nc43)(CC1)C2. The average molecular weight is 422 g/mol. The summed E-state index contributed by atoms with van der Waals surface area (Å²) in [6.07, 6.45) is 12.1.